The number of ketones is 1. The molecule has 8 nitrogen and oxygen atoms in total. The van der Waals surface area contributed by atoms with Gasteiger partial charge in [-0.15, -0.1) is 10.2 Å². The summed E-state index contributed by atoms with van der Waals surface area (Å²) in [5.41, 5.74) is 4.35. The molecule has 2 atom stereocenters. The zero-order valence-corrected chi connectivity index (χ0v) is 27.3. The van der Waals surface area contributed by atoms with Gasteiger partial charge < -0.3 is 14.6 Å². The second-order valence-electron chi connectivity index (χ2n) is 11.9. The molecule has 4 aromatic rings. The molecule has 1 fully saturated rings. The van der Waals surface area contributed by atoms with E-state index < -0.39 is 17.7 Å². The molecule has 6 rings (SSSR count). The summed E-state index contributed by atoms with van der Waals surface area (Å²) in [6.07, 6.45) is 1.60. The number of nitrogens with zero attached hydrogens (tertiary/aromatic N) is 3. The number of benzene rings is 3. The lowest BCUT2D eigenvalue weighted by Gasteiger charge is -2.23. The number of carbonyl (C=O) groups excluding carboxylic acids is 2. The van der Waals surface area contributed by atoms with Crippen LogP contribution in [0, 0.1) is 12.8 Å². The zero-order valence-electron chi connectivity index (χ0n) is 25.6. The molecule has 2 aliphatic heterocycles. The van der Waals surface area contributed by atoms with Crippen LogP contribution in [0.15, 0.2) is 76.6 Å². The highest BCUT2D eigenvalue weighted by atomic mass is 32.2. The number of Topliss-reactive ketones (excluding diaryl/α,β-unsaturated/α-hetero) is 1. The number of thioether (sulfide) groups is 1. The molecule has 232 valence electrons. The van der Waals surface area contributed by atoms with Crippen molar-refractivity contribution in [1.29, 1.82) is 0 Å². The maximum atomic E-state index is 13.7. The van der Waals surface area contributed by atoms with Crippen molar-refractivity contribution in [3.05, 3.63) is 100 Å². The van der Waals surface area contributed by atoms with Crippen LogP contribution < -0.4 is 14.4 Å². The normalized spacial score (nSPS) is 18.8. The molecule has 0 unspecified atom stereocenters. The summed E-state index contributed by atoms with van der Waals surface area (Å²) < 4.78 is 12.5. The van der Waals surface area contributed by atoms with Crippen LogP contribution in [0.4, 0.5) is 5.13 Å². The number of hydrogen-bond acceptors (Lipinski definition) is 9. The van der Waals surface area contributed by atoms with Crippen molar-refractivity contribution >= 4 is 45.7 Å². The summed E-state index contributed by atoms with van der Waals surface area (Å²) in [7, 11) is 0. The summed E-state index contributed by atoms with van der Waals surface area (Å²) in [5.74, 6) is 0.757. The van der Waals surface area contributed by atoms with Crippen molar-refractivity contribution in [2.45, 2.75) is 62.8 Å². The van der Waals surface area contributed by atoms with E-state index in [-0.39, 0.29) is 22.6 Å². The molecule has 0 radical (unpaired) electrons. The molecule has 1 aromatic heterocycles. The first-order valence-corrected chi connectivity index (χ1v) is 16.8. The van der Waals surface area contributed by atoms with Crippen LogP contribution >= 0.6 is 23.1 Å². The average molecular weight is 642 g/mol. The van der Waals surface area contributed by atoms with Gasteiger partial charge in [0.25, 0.3) is 5.78 Å². The molecule has 1 N–H and O–H groups in total. The van der Waals surface area contributed by atoms with Gasteiger partial charge in [-0.1, -0.05) is 78.9 Å². The number of hydrogen-bond donors (Lipinski definition) is 1. The monoisotopic (exact) mass is 641 g/mol. The van der Waals surface area contributed by atoms with Crippen molar-refractivity contribution in [2.75, 3.05) is 11.5 Å². The minimum absolute atomic E-state index is 0.00435. The number of rotatable bonds is 10. The first kappa shape index (κ1) is 30.9. The summed E-state index contributed by atoms with van der Waals surface area (Å²) >= 11 is 2.76. The molecule has 1 saturated heterocycles. The fourth-order valence-electron chi connectivity index (χ4n) is 5.44. The second kappa shape index (κ2) is 13.1. The second-order valence-corrected chi connectivity index (χ2v) is 14.0. The Bertz CT molecular complexity index is 1770. The van der Waals surface area contributed by atoms with Gasteiger partial charge in [-0.2, -0.15) is 0 Å². The van der Waals surface area contributed by atoms with Crippen molar-refractivity contribution in [3.63, 3.8) is 0 Å². The first-order chi connectivity index (χ1) is 21.7. The van der Waals surface area contributed by atoms with Gasteiger partial charge in [0.05, 0.1) is 18.2 Å². The zero-order chi connectivity index (χ0) is 31.7. The Morgan fingerprint density at radius 3 is 2.69 bits per heavy atom. The van der Waals surface area contributed by atoms with E-state index in [1.54, 1.807) is 12.1 Å². The van der Waals surface area contributed by atoms with Crippen LogP contribution in [-0.4, -0.2) is 39.7 Å². The fourth-order valence-corrected chi connectivity index (χ4v) is 7.27. The Morgan fingerprint density at radius 2 is 1.91 bits per heavy atom. The van der Waals surface area contributed by atoms with Gasteiger partial charge in [-0.25, -0.2) is 0 Å². The van der Waals surface area contributed by atoms with Crippen LogP contribution in [0.1, 0.15) is 61.1 Å². The predicted molar refractivity (Wildman–Crippen MR) is 177 cm³/mol. The van der Waals surface area contributed by atoms with Gasteiger partial charge in [0, 0.05) is 17.7 Å². The molecule has 10 heteroatoms. The van der Waals surface area contributed by atoms with Gasteiger partial charge in [0.15, 0.2) is 4.34 Å². The minimum atomic E-state index is -0.926. The van der Waals surface area contributed by atoms with E-state index in [1.807, 2.05) is 44.2 Å². The molecule has 3 heterocycles. The lowest BCUT2D eigenvalue weighted by atomic mass is 9.94. The van der Waals surface area contributed by atoms with Gasteiger partial charge in [0.2, 0.25) is 5.13 Å². The molecule has 3 aromatic carbocycles. The van der Waals surface area contributed by atoms with Gasteiger partial charge in [-0.05, 0) is 73.2 Å². The Hall–Kier alpha value is -4.15. The molecule has 2 aliphatic rings. The lowest BCUT2D eigenvalue weighted by Crippen LogP contribution is -2.29. The Kier molecular flexibility index (Phi) is 8.96. The Balaban J connectivity index is 1.37. The van der Waals surface area contributed by atoms with Crippen molar-refractivity contribution in [1.82, 2.24) is 10.2 Å². The molecule has 0 aliphatic carbocycles. The minimum Gasteiger partial charge on any atom is -0.507 e. The number of aliphatic hydroxyl groups is 1. The van der Waals surface area contributed by atoms with Crippen LogP contribution in [-0.2, 0) is 21.8 Å². The van der Waals surface area contributed by atoms with Crippen molar-refractivity contribution in [2.24, 2.45) is 5.92 Å². The first-order valence-electron chi connectivity index (χ1n) is 15.0. The molecule has 0 saturated carbocycles. The number of anilines is 1. The third-order valence-electron chi connectivity index (χ3n) is 7.84. The number of aryl methyl sites for hydroxylation is 1. The van der Waals surface area contributed by atoms with E-state index in [0.717, 1.165) is 23.3 Å². The quantitative estimate of drug-likeness (QED) is 0.0624. The summed E-state index contributed by atoms with van der Waals surface area (Å²) in [5, 5.41) is 20.7. The third-order valence-corrected chi connectivity index (χ3v) is 9.96. The number of amides is 1. The standard InChI is InChI=1S/C35H35N3O5S2/c1-20(2)14-15-42-27-7-5-6-24(18-27)30-29(31(39)25-12-13-28-26(17-25)16-22(4)43-28)32(40)33(41)38(30)34-36-37-35(45-34)44-19-23-10-8-21(3)9-11-23/h5-13,17-18,20,22,30,39H,14-16,19H2,1-4H3/b31-29+/t22-,30+/m0/s1. The van der Waals surface area contributed by atoms with E-state index in [4.69, 9.17) is 9.47 Å². The number of carbonyl (C=O) groups is 2. The largest absolute Gasteiger partial charge is 0.507 e. The van der Waals surface area contributed by atoms with E-state index in [2.05, 4.69) is 48.3 Å². The maximum absolute atomic E-state index is 13.7. The van der Waals surface area contributed by atoms with E-state index >= 15 is 0 Å². The fraction of sp³-hybridized carbons (Fsp3) is 0.314. The molecule has 0 bridgehead atoms. The van der Waals surface area contributed by atoms with Crippen LogP contribution in [0.5, 0.6) is 11.5 Å². The summed E-state index contributed by atoms with van der Waals surface area (Å²) in [6.45, 7) is 8.83. The van der Waals surface area contributed by atoms with Crippen LogP contribution in [0.3, 0.4) is 0 Å². The maximum Gasteiger partial charge on any atom is 0.301 e. The van der Waals surface area contributed by atoms with Crippen LogP contribution in [0.25, 0.3) is 5.76 Å². The van der Waals surface area contributed by atoms with Crippen molar-refractivity contribution in [3.8, 4) is 11.5 Å². The number of ether oxygens (including phenoxy) is 2. The molecule has 1 amide bonds. The molecular weight excluding hydrogens is 607 g/mol. The van der Waals surface area contributed by atoms with Gasteiger partial charge >= 0.3 is 5.91 Å². The topological polar surface area (TPSA) is 102 Å². The summed E-state index contributed by atoms with van der Waals surface area (Å²) in [4.78, 5) is 28.8. The van der Waals surface area contributed by atoms with E-state index in [9.17, 15) is 14.7 Å². The molecule has 0 spiro atoms. The Morgan fingerprint density at radius 1 is 1.11 bits per heavy atom. The third kappa shape index (κ3) is 6.62. The lowest BCUT2D eigenvalue weighted by molar-refractivity contribution is -0.132. The predicted octanol–water partition coefficient (Wildman–Crippen LogP) is 7.51. The van der Waals surface area contributed by atoms with Crippen molar-refractivity contribution < 1.29 is 24.2 Å². The Labute approximate surface area is 271 Å². The number of fused-ring (bicyclic) bond motifs is 1. The number of aliphatic hydroxyl groups excluding tert-OH is 1. The highest BCUT2D eigenvalue weighted by Gasteiger charge is 2.48. The van der Waals surface area contributed by atoms with Gasteiger partial charge in [0.1, 0.15) is 23.4 Å². The smallest absolute Gasteiger partial charge is 0.301 e. The summed E-state index contributed by atoms with van der Waals surface area (Å²) in [6, 6.07) is 20.0. The van der Waals surface area contributed by atoms with Crippen LogP contribution in [0.2, 0.25) is 0 Å². The van der Waals surface area contributed by atoms with E-state index in [0.29, 0.717) is 45.9 Å². The number of aromatic nitrogens is 2. The SMILES string of the molecule is Cc1ccc(CSc2nnc(N3C(=O)C(=O)/C(=C(/O)c4ccc5c(c4)C[C@H](C)O5)[C@H]3c3cccc(OCCC(C)C)c3)s2)cc1. The average Bonchev–Trinajstić information content (AvgIpc) is 3.71. The van der Waals surface area contributed by atoms with E-state index in [1.165, 1.54) is 33.6 Å². The van der Waals surface area contributed by atoms with Gasteiger partial charge in [-0.3, -0.25) is 14.5 Å². The molecule has 45 heavy (non-hydrogen) atoms. The highest BCUT2D eigenvalue weighted by Crippen LogP contribution is 2.45. The molecular formula is C35H35N3O5S2. The highest BCUT2D eigenvalue weighted by molar-refractivity contribution is 8.00.